The number of rotatable bonds is 2. The second-order valence-electron chi connectivity index (χ2n) is 4.81. The Balaban J connectivity index is 1.87. The van der Waals surface area contributed by atoms with E-state index in [1.54, 1.807) is 0 Å². The molecular weight excluding hydrogens is 400 g/mol. The summed E-state index contributed by atoms with van der Waals surface area (Å²) >= 11 is 6.52. The highest BCUT2D eigenvalue weighted by atomic mass is 79.9. The third-order valence-electron chi connectivity index (χ3n) is 3.30. The van der Waals surface area contributed by atoms with Crippen LogP contribution in [0.1, 0.15) is 30.8 Å². The van der Waals surface area contributed by atoms with Gasteiger partial charge >= 0.3 is 0 Å². The monoisotopic (exact) mass is 410 g/mol. The molecule has 0 saturated heterocycles. The molecule has 0 bridgehead atoms. The molecule has 2 aromatic heterocycles. The molecule has 0 aromatic carbocycles. The molecular formula is C16H12Br2O3. The van der Waals surface area contributed by atoms with Crippen LogP contribution in [0.5, 0.6) is 0 Å². The molecule has 2 heterocycles. The minimum atomic E-state index is 0.0706. The number of hydrogen-bond donors (Lipinski definition) is 0. The van der Waals surface area contributed by atoms with Crippen LogP contribution in [-0.4, -0.2) is 5.78 Å². The van der Waals surface area contributed by atoms with Crippen LogP contribution in [0.4, 0.5) is 0 Å². The smallest absolute Gasteiger partial charge is 0.185 e. The predicted octanol–water partition coefficient (Wildman–Crippen LogP) is 5.62. The lowest BCUT2D eigenvalue weighted by Crippen LogP contribution is -2.12. The second kappa shape index (κ2) is 6.20. The van der Waals surface area contributed by atoms with Gasteiger partial charge in [-0.2, -0.15) is 0 Å². The highest BCUT2D eigenvalue weighted by molar-refractivity contribution is 9.10. The molecule has 1 saturated carbocycles. The van der Waals surface area contributed by atoms with Crippen LogP contribution in [0.3, 0.4) is 0 Å². The summed E-state index contributed by atoms with van der Waals surface area (Å²) in [4.78, 5) is 12.5. The van der Waals surface area contributed by atoms with Crippen molar-refractivity contribution < 1.29 is 13.6 Å². The summed E-state index contributed by atoms with van der Waals surface area (Å²) in [6.07, 6.45) is 6.14. The van der Waals surface area contributed by atoms with Gasteiger partial charge in [0.05, 0.1) is 0 Å². The average Bonchev–Trinajstić information content (AvgIpc) is 3.03. The topological polar surface area (TPSA) is 43.4 Å². The molecule has 0 radical (unpaired) electrons. The van der Waals surface area contributed by atoms with E-state index < -0.39 is 0 Å². The van der Waals surface area contributed by atoms with Crippen molar-refractivity contribution in [2.24, 2.45) is 0 Å². The fourth-order valence-corrected chi connectivity index (χ4v) is 2.97. The molecule has 0 atom stereocenters. The Morgan fingerprint density at radius 2 is 1.33 bits per heavy atom. The van der Waals surface area contributed by atoms with Crippen molar-refractivity contribution in [1.82, 2.24) is 0 Å². The fourth-order valence-electron chi connectivity index (χ4n) is 2.33. The fraction of sp³-hybridized carbons (Fsp3) is 0.188. The summed E-state index contributed by atoms with van der Waals surface area (Å²) in [7, 11) is 0. The Morgan fingerprint density at radius 1 is 0.857 bits per heavy atom. The zero-order chi connectivity index (χ0) is 14.8. The summed E-state index contributed by atoms with van der Waals surface area (Å²) in [6, 6.07) is 7.31. The number of ketones is 1. The van der Waals surface area contributed by atoms with Crippen molar-refractivity contribution >= 4 is 49.8 Å². The molecule has 0 spiro atoms. The largest absolute Gasteiger partial charge is 0.450 e. The van der Waals surface area contributed by atoms with E-state index in [0.29, 0.717) is 20.9 Å². The minimum Gasteiger partial charge on any atom is -0.450 e. The van der Waals surface area contributed by atoms with Crippen LogP contribution in [0.15, 0.2) is 53.6 Å². The Labute approximate surface area is 139 Å². The highest BCUT2D eigenvalue weighted by Crippen LogP contribution is 2.29. The number of hydrogen-bond acceptors (Lipinski definition) is 3. The van der Waals surface area contributed by atoms with Crippen LogP contribution in [0.25, 0.3) is 12.2 Å². The van der Waals surface area contributed by atoms with Crippen molar-refractivity contribution in [2.45, 2.75) is 19.3 Å². The maximum Gasteiger partial charge on any atom is 0.185 e. The molecule has 5 heteroatoms. The van der Waals surface area contributed by atoms with Crippen LogP contribution in [0, 0.1) is 0 Å². The first-order valence-corrected chi connectivity index (χ1v) is 8.17. The Kier molecular flexibility index (Phi) is 4.31. The zero-order valence-electron chi connectivity index (χ0n) is 11.1. The zero-order valence-corrected chi connectivity index (χ0v) is 14.2. The molecule has 0 unspecified atom stereocenters. The van der Waals surface area contributed by atoms with Crippen molar-refractivity contribution in [3.63, 3.8) is 0 Å². The SMILES string of the molecule is O=C1C(=Cc2ccc(Br)o2)CCCC1=Cc1ccc(Br)o1. The first-order chi connectivity index (χ1) is 10.1. The van der Waals surface area contributed by atoms with E-state index in [9.17, 15) is 4.79 Å². The lowest BCUT2D eigenvalue weighted by atomic mass is 9.88. The number of halogens is 2. The number of carbonyl (C=O) groups excluding carboxylic acids is 1. The third kappa shape index (κ3) is 3.47. The third-order valence-corrected chi connectivity index (χ3v) is 4.15. The Bertz CT molecular complexity index is 674. The standard InChI is InChI=1S/C16H12Br2O3/c17-14-6-4-12(20-14)8-10-2-1-3-11(16(10)19)9-13-5-7-15(18)21-13/h4-9H,1-3H2. The van der Waals surface area contributed by atoms with Gasteiger partial charge in [-0.15, -0.1) is 0 Å². The molecule has 3 rings (SSSR count). The average molecular weight is 412 g/mol. The lowest BCUT2D eigenvalue weighted by Gasteiger charge is -2.15. The van der Waals surface area contributed by atoms with Crippen LogP contribution in [-0.2, 0) is 4.79 Å². The van der Waals surface area contributed by atoms with Gasteiger partial charge in [-0.1, -0.05) is 0 Å². The lowest BCUT2D eigenvalue weighted by molar-refractivity contribution is -0.112. The second-order valence-corrected chi connectivity index (χ2v) is 6.37. The molecule has 108 valence electrons. The van der Waals surface area contributed by atoms with Crippen molar-refractivity contribution in [1.29, 1.82) is 0 Å². The number of allylic oxidation sites excluding steroid dienone is 2. The van der Waals surface area contributed by atoms with E-state index >= 15 is 0 Å². The maximum absolute atomic E-state index is 12.5. The quantitative estimate of drug-likeness (QED) is 0.602. The van der Waals surface area contributed by atoms with Gasteiger partial charge in [0.25, 0.3) is 0 Å². The summed E-state index contributed by atoms with van der Waals surface area (Å²) in [5.74, 6) is 1.45. The van der Waals surface area contributed by atoms with E-state index in [1.807, 2.05) is 36.4 Å². The van der Waals surface area contributed by atoms with Gasteiger partial charge in [0, 0.05) is 11.1 Å². The molecule has 21 heavy (non-hydrogen) atoms. The molecule has 2 aromatic rings. The molecule has 0 N–H and O–H groups in total. The molecule has 0 aliphatic heterocycles. The van der Waals surface area contributed by atoms with Gasteiger partial charge in [-0.3, -0.25) is 4.79 Å². The van der Waals surface area contributed by atoms with Crippen molar-refractivity contribution in [3.05, 3.63) is 56.3 Å². The summed E-state index contributed by atoms with van der Waals surface area (Å²) in [5, 5.41) is 0. The van der Waals surface area contributed by atoms with Crippen LogP contribution in [0.2, 0.25) is 0 Å². The predicted molar refractivity (Wildman–Crippen MR) is 87.6 cm³/mol. The maximum atomic E-state index is 12.5. The molecule has 1 aliphatic rings. The van der Waals surface area contributed by atoms with Crippen LogP contribution >= 0.6 is 31.9 Å². The first-order valence-electron chi connectivity index (χ1n) is 6.58. The Morgan fingerprint density at radius 3 is 1.71 bits per heavy atom. The van der Waals surface area contributed by atoms with Gasteiger partial charge in [0.1, 0.15) is 11.5 Å². The summed E-state index contributed by atoms with van der Waals surface area (Å²) < 4.78 is 12.2. The van der Waals surface area contributed by atoms with Gasteiger partial charge in [-0.05, 0) is 87.5 Å². The summed E-state index contributed by atoms with van der Waals surface area (Å²) in [5.41, 5.74) is 1.56. The van der Waals surface area contributed by atoms with Gasteiger partial charge in [-0.25, -0.2) is 0 Å². The van der Waals surface area contributed by atoms with Crippen LogP contribution < -0.4 is 0 Å². The van der Waals surface area contributed by atoms with E-state index in [1.165, 1.54) is 0 Å². The van der Waals surface area contributed by atoms with E-state index in [-0.39, 0.29) is 5.78 Å². The van der Waals surface area contributed by atoms with E-state index in [0.717, 1.165) is 30.4 Å². The van der Waals surface area contributed by atoms with Gasteiger partial charge < -0.3 is 8.83 Å². The number of furan rings is 2. The summed E-state index contributed by atoms with van der Waals surface area (Å²) in [6.45, 7) is 0. The molecule has 1 aliphatic carbocycles. The normalized spacial score (nSPS) is 19.6. The number of carbonyl (C=O) groups is 1. The van der Waals surface area contributed by atoms with Crippen molar-refractivity contribution in [3.8, 4) is 0 Å². The highest BCUT2D eigenvalue weighted by Gasteiger charge is 2.21. The minimum absolute atomic E-state index is 0.0706. The molecule has 3 nitrogen and oxygen atoms in total. The Hall–Kier alpha value is -1.33. The van der Waals surface area contributed by atoms with Gasteiger partial charge in [0.15, 0.2) is 15.1 Å². The number of Topliss-reactive ketones (excluding diaryl/α,β-unsaturated/α-hetero) is 1. The van der Waals surface area contributed by atoms with E-state index in [2.05, 4.69) is 31.9 Å². The molecule has 1 fully saturated rings. The van der Waals surface area contributed by atoms with E-state index in [4.69, 9.17) is 8.83 Å². The van der Waals surface area contributed by atoms with Gasteiger partial charge in [0.2, 0.25) is 0 Å². The first kappa shape index (κ1) is 14.6. The molecule has 0 amide bonds. The van der Waals surface area contributed by atoms with Crippen molar-refractivity contribution in [2.75, 3.05) is 0 Å².